The van der Waals surface area contributed by atoms with Crippen molar-refractivity contribution >= 4 is 40.9 Å². The summed E-state index contributed by atoms with van der Waals surface area (Å²) in [6, 6.07) is 5.31. The van der Waals surface area contributed by atoms with Gasteiger partial charge in [-0.1, -0.05) is 23.2 Å². The number of carbonyl (C=O) groups is 1. The molecule has 0 saturated heterocycles. The van der Waals surface area contributed by atoms with Gasteiger partial charge in [-0.15, -0.1) is 11.8 Å². The van der Waals surface area contributed by atoms with Gasteiger partial charge in [0, 0.05) is 17.7 Å². The number of halogens is 2. The zero-order valence-corrected chi connectivity index (χ0v) is 12.3. The van der Waals surface area contributed by atoms with Crippen molar-refractivity contribution in [2.45, 2.75) is 10.6 Å². The van der Waals surface area contributed by atoms with Crippen LogP contribution >= 0.6 is 35.0 Å². The third-order valence-electron chi connectivity index (χ3n) is 2.56. The molecule has 0 aliphatic carbocycles. The Kier molecular flexibility index (Phi) is 4.39. The van der Waals surface area contributed by atoms with Gasteiger partial charge in [-0.05, 0) is 18.2 Å². The molecule has 2 aromatic rings. The lowest BCUT2D eigenvalue weighted by molar-refractivity contribution is 0.0696. The van der Waals surface area contributed by atoms with Crippen LogP contribution in [0.15, 0.2) is 29.3 Å². The summed E-state index contributed by atoms with van der Waals surface area (Å²) in [5, 5.41) is 14.0. The number of nitrogens with zero attached hydrogens (tertiary/aromatic N) is 2. The molecule has 7 heteroatoms. The molecule has 0 amide bonds. The first kappa shape index (κ1) is 14.2. The summed E-state index contributed by atoms with van der Waals surface area (Å²) in [6.07, 6.45) is 1.35. The molecule has 2 rings (SSSR count). The second-order valence-electron chi connectivity index (χ2n) is 3.80. The Hall–Kier alpha value is -1.17. The summed E-state index contributed by atoms with van der Waals surface area (Å²) in [5.41, 5.74) is 0.874. The molecular weight excluding hydrogens is 307 g/mol. The Labute approximate surface area is 124 Å². The maximum atomic E-state index is 11.0. The standard InChI is InChI=1S/C12H10Cl2N2O2S/c1-16-11(8(5-15-16)12(17)18)6-19-7-2-3-9(13)10(14)4-7/h2-5H,6H2,1H3,(H,17,18). The number of aromatic nitrogens is 2. The second-order valence-corrected chi connectivity index (χ2v) is 5.66. The second kappa shape index (κ2) is 5.86. The number of carboxylic acids is 1. The summed E-state index contributed by atoms with van der Waals surface area (Å²) < 4.78 is 1.56. The van der Waals surface area contributed by atoms with Crippen LogP contribution in [0.4, 0.5) is 0 Å². The molecular formula is C12H10Cl2N2O2S. The molecule has 1 aromatic carbocycles. The summed E-state index contributed by atoms with van der Waals surface area (Å²) in [5.74, 6) is -0.478. The first-order chi connectivity index (χ1) is 8.99. The fourth-order valence-corrected chi connectivity index (χ4v) is 2.90. The van der Waals surface area contributed by atoms with Gasteiger partial charge in [-0.3, -0.25) is 4.68 Å². The molecule has 0 atom stereocenters. The number of benzene rings is 1. The normalized spacial score (nSPS) is 10.7. The van der Waals surface area contributed by atoms with E-state index in [1.54, 1.807) is 23.9 Å². The molecule has 4 nitrogen and oxygen atoms in total. The van der Waals surface area contributed by atoms with Crippen molar-refractivity contribution in [1.29, 1.82) is 0 Å². The Morgan fingerprint density at radius 3 is 2.79 bits per heavy atom. The van der Waals surface area contributed by atoms with E-state index in [-0.39, 0.29) is 5.56 Å². The zero-order valence-electron chi connectivity index (χ0n) is 9.93. The number of rotatable bonds is 4. The van der Waals surface area contributed by atoms with E-state index in [4.69, 9.17) is 28.3 Å². The van der Waals surface area contributed by atoms with Gasteiger partial charge >= 0.3 is 5.97 Å². The number of hydrogen-bond donors (Lipinski definition) is 1. The number of aromatic carboxylic acids is 1. The van der Waals surface area contributed by atoms with E-state index >= 15 is 0 Å². The number of aryl methyl sites for hydroxylation is 1. The minimum atomic E-state index is -0.974. The molecule has 1 heterocycles. The predicted octanol–water partition coefficient (Wildman–Crippen LogP) is 3.72. The van der Waals surface area contributed by atoms with E-state index < -0.39 is 5.97 Å². The van der Waals surface area contributed by atoms with Crippen molar-refractivity contribution in [3.8, 4) is 0 Å². The quantitative estimate of drug-likeness (QED) is 0.873. The van der Waals surface area contributed by atoms with E-state index in [1.807, 2.05) is 6.07 Å². The Morgan fingerprint density at radius 1 is 1.42 bits per heavy atom. The molecule has 0 spiro atoms. The van der Waals surface area contributed by atoms with Crippen LogP contribution in [0.5, 0.6) is 0 Å². The summed E-state index contributed by atoms with van der Waals surface area (Å²) in [4.78, 5) is 12.0. The molecule has 19 heavy (non-hydrogen) atoms. The molecule has 0 unspecified atom stereocenters. The molecule has 1 aromatic heterocycles. The topological polar surface area (TPSA) is 55.1 Å². The van der Waals surface area contributed by atoms with Crippen LogP contribution in [0, 0.1) is 0 Å². The highest BCUT2D eigenvalue weighted by atomic mass is 35.5. The SMILES string of the molecule is Cn1ncc(C(=O)O)c1CSc1ccc(Cl)c(Cl)c1. The highest BCUT2D eigenvalue weighted by molar-refractivity contribution is 7.98. The van der Waals surface area contributed by atoms with Gasteiger partial charge in [0.25, 0.3) is 0 Å². The monoisotopic (exact) mass is 316 g/mol. The van der Waals surface area contributed by atoms with Gasteiger partial charge in [-0.2, -0.15) is 5.10 Å². The largest absolute Gasteiger partial charge is 0.478 e. The fourth-order valence-electron chi connectivity index (χ4n) is 1.53. The Morgan fingerprint density at radius 2 is 2.16 bits per heavy atom. The van der Waals surface area contributed by atoms with Crippen molar-refractivity contribution in [2.24, 2.45) is 7.05 Å². The molecule has 100 valence electrons. The van der Waals surface area contributed by atoms with Gasteiger partial charge in [0.1, 0.15) is 5.56 Å². The average molecular weight is 317 g/mol. The van der Waals surface area contributed by atoms with Gasteiger partial charge in [0.15, 0.2) is 0 Å². The summed E-state index contributed by atoms with van der Waals surface area (Å²) >= 11 is 13.2. The van der Waals surface area contributed by atoms with Crippen molar-refractivity contribution in [3.63, 3.8) is 0 Å². The molecule has 0 aliphatic rings. The van der Waals surface area contributed by atoms with Crippen LogP contribution in [0.25, 0.3) is 0 Å². The minimum absolute atomic E-state index is 0.218. The fraction of sp³-hybridized carbons (Fsp3) is 0.167. The maximum absolute atomic E-state index is 11.0. The number of thioether (sulfide) groups is 1. The van der Waals surface area contributed by atoms with E-state index in [9.17, 15) is 4.79 Å². The molecule has 0 bridgehead atoms. The van der Waals surface area contributed by atoms with Crippen LogP contribution in [0.2, 0.25) is 10.0 Å². The maximum Gasteiger partial charge on any atom is 0.339 e. The molecule has 0 fully saturated rings. The van der Waals surface area contributed by atoms with E-state index in [0.717, 1.165) is 4.90 Å². The number of hydrogen-bond acceptors (Lipinski definition) is 3. The molecule has 0 aliphatic heterocycles. The lowest BCUT2D eigenvalue weighted by Gasteiger charge is -2.05. The van der Waals surface area contributed by atoms with Gasteiger partial charge in [0.2, 0.25) is 0 Å². The van der Waals surface area contributed by atoms with E-state index in [1.165, 1.54) is 18.0 Å². The summed E-state index contributed by atoms with van der Waals surface area (Å²) in [6.45, 7) is 0. The third kappa shape index (κ3) is 3.23. The third-order valence-corrected chi connectivity index (χ3v) is 4.30. The molecule has 1 N–H and O–H groups in total. The Bertz CT molecular complexity index is 628. The predicted molar refractivity (Wildman–Crippen MR) is 76.2 cm³/mol. The first-order valence-corrected chi connectivity index (χ1v) is 7.05. The highest BCUT2D eigenvalue weighted by Crippen LogP contribution is 2.30. The van der Waals surface area contributed by atoms with Crippen LogP contribution in [0.3, 0.4) is 0 Å². The van der Waals surface area contributed by atoms with Crippen molar-refractivity contribution in [1.82, 2.24) is 9.78 Å². The molecule has 0 radical (unpaired) electrons. The van der Waals surface area contributed by atoms with Crippen molar-refractivity contribution < 1.29 is 9.90 Å². The van der Waals surface area contributed by atoms with Gasteiger partial charge < -0.3 is 5.11 Å². The lowest BCUT2D eigenvalue weighted by Crippen LogP contribution is -2.03. The van der Waals surface area contributed by atoms with Crippen LogP contribution in [-0.4, -0.2) is 20.9 Å². The highest BCUT2D eigenvalue weighted by Gasteiger charge is 2.15. The summed E-state index contributed by atoms with van der Waals surface area (Å²) in [7, 11) is 1.72. The van der Waals surface area contributed by atoms with E-state index in [2.05, 4.69) is 5.10 Å². The average Bonchev–Trinajstić information content (AvgIpc) is 2.72. The lowest BCUT2D eigenvalue weighted by atomic mass is 10.3. The smallest absolute Gasteiger partial charge is 0.339 e. The number of carboxylic acid groups (broad SMARTS) is 1. The van der Waals surface area contributed by atoms with Crippen molar-refractivity contribution in [3.05, 3.63) is 45.7 Å². The van der Waals surface area contributed by atoms with Crippen LogP contribution < -0.4 is 0 Å². The van der Waals surface area contributed by atoms with Crippen LogP contribution in [0.1, 0.15) is 16.1 Å². The minimum Gasteiger partial charge on any atom is -0.478 e. The van der Waals surface area contributed by atoms with Gasteiger partial charge in [0.05, 0.1) is 21.9 Å². The Balaban J connectivity index is 2.16. The van der Waals surface area contributed by atoms with Gasteiger partial charge in [-0.25, -0.2) is 4.79 Å². The first-order valence-electron chi connectivity index (χ1n) is 5.31. The van der Waals surface area contributed by atoms with E-state index in [0.29, 0.717) is 21.5 Å². The zero-order chi connectivity index (χ0) is 14.0. The van der Waals surface area contributed by atoms with Crippen molar-refractivity contribution in [2.75, 3.05) is 0 Å². The molecule has 0 saturated carbocycles. The van der Waals surface area contributed by atoms with Crippen LogP contribution in [-0.2, 0) is 12.8 Å².